The fourth-order valence-electron chi connectivity index (χ4n) is 1.30. The van der Waals surface area contributed by atoms with Gasteiger partial charge >= 0.3 is 0 Å². The van der Waals surface area contributed by atoms with E-state index in [9.17, 15) is 0 Å². The molecule has 0 unspecified atom stereocenters. The molecular formula is C11H16Cl2N2. The summed E-state index contributed by atoms with van der Waals surface area (Å²) in [6.07, 6.45) is 6.36. The highest BCUT2D eigenvalue weighted by atomic mass is 35.5. The number of unbranched alkanes of at least 4 members (excludes halogenated alkanes) is 3. The van der Waals surface area contributed by atoms with Crippen molar-refractivity contribution >= 4 is 29.0 Å². The van der Waals surface area contributed by atoms with Crippen molar-refractivity contribution in [3.05, 3.63) is 23.4 Å². The number of aromatic nitrogens is 1. The van der Waals surface area contributed by atoms with Crippen molar-refractivity contribution in [2.45, 2.75) is 25.7 Å². The van der Waals surface area contributed by atoms with E-state index in [2.05, 4.69) is 10.3 Å². The topological polar surface area (TPSA) is 24.9 Å². The molecule has 0 bridgehead atoms. The van der Waals surface area contributed by atoms with Crippen molar-refractivity contribution in [2.75, 3.05) is 17.7 Å². The Bertz CT molecular complexity index is 279. The molecule has 0 radical (unpaired) electrons. The predicted octanol–water partition coefficient (Wildman–Crippen LogP) is 3.95. The van der Waals surface area contributed by atoms with Crippen molar-refractivity contribution in [3.63, 3.8) is 0 Å². The normalized spacial score (nSPS) is 10.3. The summed E-state index contributed by atoms with van der Waals surface area (Å²) in [6.45, 7) is 0.916. The SMILES string of the molecule is ClCCCCCCNc1ncccc1Cl. The second kappa shape index (κ2) is 7.77. The molecule has 0 aromatic carbocycles. The van der Waals surface area contributed by atoms with Crippen molar-refractivity contribution < 1.29 is 0 Å². The summed E-state index contributed by atoms with van der Waals surface area (Å²) in [7, 11) is 0. The third-order valence-corrected chi connectivity index (χ3v) is 2.68. The molecule has 1 rings (SSSR count). The van der Waals surface area contributed by atoms with Crippen LogP contribution in [0, 0.1) is 0 Å². The second-order valence-electron chi connectivity index (χ2n) is 3.36. The van der Waals surface area contributed by atoms with Gasteiger partial charge in [0.1, 0.15) is 5.82 Å². The van der Waals surface area contributed by atoms with E-state index in [0.717, 1.165) is 31.1 Å². The Labute approximate surface area is 101 Å². The lowest BCUT2D eigenvalue weighted by atomic mass is 10.2. The molecule has 0 fully saturated rings. The maximum absolute atomic E-state index is 5.94. The Morgan fingerprint density at radius 2 is 2.00 bits per heavy atom. The summed E-state index contributed by atoms with van der Waals surface area (Å²) in [4.78, 5) is 4.15. The number of pyridine rings is 1. The number of halogens is 2. The molecule has 1 heterocycles. The van der Waals surface area contributed by atoms with Crippen LogP contribution in [-0.4, -0.2) is 17.4 Å². The summed E-state index contributed by atoms with van der Waals surface area (Å²) in [5.41, 5.74) is 0. The maximum Gasteiger partial charge on any atom is 0.144 e. The highest BCUT2D eigenvalue weighted by molar-refractivity contribution is 6.32. The van der Waals surface area contributed by atoms with Crippen LogP contribution in [0.4, 0.5) is 5.82 Å². The average Bonchev–Trinajstić information content (AvgIpc) is 2.25. The van der Waals surface area contributed by atoms with Gasteiger partial charge in [0.05, 0.1) is 5.02 Å². The fraction of sp³-hybridized carbons (Fsp3) is 0.545. The molecule has 0 atom stereocenters. The predicted molar refractivity (Wildman–Crippen MR) is 66.9 cm³/mol. The molecule has 0 saturated heterocycles. The second-order valence-corrected chi connectivity index (χ2v) is 4.15. The van der Waals surface area contributed by atoms with Crippen molar-refractivity contribution in [2.24, 2.45) is 0 Å². The van der Waals surface area contributed by atoms with Gasteiger partial charge < -0.3 is 5.32 Å². The molecule has 0 aliphatic carbocycles. The first-order chi connectivity index (χ1) is 7.34. The van der Waals surface area contributed by atoms with Gasteiger partial charge in [0, 0.05) is 18.6 Å². The lowest BCUT2D eigenvalue weighted by Crippen LogP contribution is -2.03. The summed E-state index contributed by atoms with van der Waals surface area (Å²) < 4.78 is 0. The largest absolute Gasteiger partial charge is 0.369 e. The minimum absolute atomic E-state index is 0.679. The number of nitrogens with zero attached hydrogens (tertiary/aromatic N) is 1. The van der Waals surface area contributed by atoms with E-state index in [4.69, 9.17) is 23.2 Å². The Morgan fingerprint density at radius 3 is 2.73 bits per heavy atom. The zero-order valence-electron chi connectivity index (χ0n) is 8.68. The Kier molecular flexibility index (Phi) is 6.53. The third-order valence-electron chi connectivity index (χ3n) is 2.11. The molecule has 84 valence electrons. The molecular weight excluding hydrogens is 231 g/mol. The summed E-state index contributed by atoms with van der Waals surface area (Å²) >= 11 is 11.5. The lowest BCUT2D eigenvalue weighted by Gasteiger charge is -2.06. The van der Waals surface area contributed by atoms with Crippen molar-refractivity contribution in [1.82, 2.24) is 4.98 Å². The number of rotatable bonds is 7. The van der Waals surface area contributed by atoms with Gasteiger partial charge in [-0.15, -0.1) is 11.6 Å². The van der Waals surface area contributed by atoms with Crippen LogP contribution < -0.4 is 5.32 Å². The highest BCUT2D eigenvalue weighted by Crippen LogP contribution is 2.17. The number of alkyl halides is 1. The highest BCUT2D eigenvalue weighted by Gasteiger charge is 1.98. The molecule has 0 saturated carbocycles. The van der Waals surface area contributed by atoms with Gasteiger partial charge in [0.2, 0.25) is 0 Å². The molecule has 0 amide bonds. The molecule has 1 N–H and O–H groups in total. The first-order valence-corrected chi connectivity index (χ1v) is 6.16. The van der Waals surface area contributed by atoms with Gasteiger partial charge in [-0.05, 0) is 25.0 Å². The quantitative estimate of drug-likeness (QED) is 0.583. The van der Waals surface area contributed by atoms with Gasteiger partial charge in [-0.3, -0.25) is 0 Å². The number of hydrogen-bond acceptors (Lipinski definition) is 2. The van der Waals surface area contributed by atoms with E-state index >= 15 is 0 Å². The fourth-order valence-corrected chi connectivity index (χ4v) is 1.67. The molecule has 0 aliphatic rings. The van der Waals surface area contributed by atoms with Gasteiger partial charge in [-0.25, -0.2) is 4.98 Å². The minimum atomic E-state index is 0.679. The van der Waals surface area contributed by atoms with Gasteiger partial charge in [0.25, 0.3) is 0 Å². The van der Waals surface area contributed by atoms with Crippen LogP contribution in [0.2, 0.25) is 5.02 Å². The number of hydrogen-bond donors (Lipinski definition) is 1. The summed E-state index contributed by atoms with van der Waals surface area (Å²) in [6, 6.07) is 3.67. The summed E-state index contributed by atoms with van der Waals surface area (Å²) in [5, 5.41) is 3.89. The van der Waals surface area contributed by atoms with Crippen LogP contribution in [0.5, 0.6) is 0 Å². The monoisotopic (exact) mass is 246 g/mol. The molecule has 2 nitrogen and oxygen atoms in total. The molecule has 0 spiro atoms. The maximum atomic E-state index is 5.94. The summed E-state index contributed by atoms with van der Waals surface area (Å²) in [5.74, 6) is 1.54. The Morgan fingerprint density at radius 1 is 1.20 bits per heavy atom. The van der Waals surface area contributed by atoms with Crippen molar-refractivity contribution in [1.29, 1.82) is 0 Å². The minimum Gasteiger partial charge on any atom is -0.369 e. The Hall–Kier alpha value is -0.470. The average molecular weight is 247 g/mol. The zero-order valence-corrected chi connectivity index (χ0v) is 10.2. The van der Waals surface area contributed by atoms with Crippen molar-refractivity contribution in [3.8, 4) is 0 Å². The zero-order chi connectivity index (χ0) is 10.9. The molecule has 15 heavy (non-hydrogen) atoms. The van der Waals surface area contributed by atoms with E-state index in [1.165, 1.54) is 12.8 Å². The first kappa shape index (κ1) is 12.6. The third kappa shape index (κ3) is 5.24. The standard InChI is InChI=1S/C11H16Cl2N2/c12-7-3-1-2-4-8-14-11-10(13)6-5-9-15-11/h5-6,9H,1-4,7-8H2,(H,14,15). The van der Waals surface area contributed by atoms with Gasteiger partial charge in [-0.2, -0.15) is 0 Å². The van der Waals surface area contributed by atoms with E-state index in [1.807, 2.05) is 12.1 Å². The molecule has 4 heteroatoms. The van der Waals surface area contributed by atoms with Gasteiger partial charge in [-0.1, -0.05) is 24.4 Å². The van der Waals surface area contributed by atoms with E-state index in [0.29, 0.717) is 5.02 Å². The van der Waals surface area contributed by atoms with Crippen LogP contribution in [0.15, 0.2) is 18.3 Å². The van der Waals surface area contributed by atoms with E-state index < -0.39 is 0 Å². The van der Waals surface area contributed by atoms with Crippen LogP contribution >= 0.6 is 23.2 Å². The van der Waals surface area contributed by atoms with E-state index in [-0.39, 0.29) is 0 Å². The van der Waals surface area contributed by atoms with Crippen LogP contribution in [0.3, 0.4) is 0 Å². The molecule has 1 aromatic heterocycles. The molecule has 0 aliphatic heterocycles. The lowest BCUT2D eigenvalue weighted by molar-refractivity contribution is 0.687. The molecule has 1 aromatic rings. The van der Waals surface area contributed by atoms with Crippen LogP contribution in [0.25, 0.3) is 0 Å². The van der Waals surface area contributed by atoms with E-state index in [1.54, 1.807) is 6.20 Å². The van der Waals surface area contributed by atoms with Gasteiger partial charge in [0.15, 0.2) is 0 Å². The number of nitrogens with one attached hydrogen (secondary N) is 1. The van der Waals surface area contributed by atoms with Crippen LogP contribution in [-0.2, 0) is 0 Å². The number of anilines is 1. The smallest absolute Gasteiger partial charge is 0.144 e. The Balaban J connectivity index is 2.12. The van der Waals surface area contributed by atoms with Crippen LogP contribution in [0.1, 0.15) is 25.7 Å². The first-order valence-electron chi connectivity index (χ1n) is 5.25.